The summed E-state index contributed by atoms with van der Waals surface area (Å²) in [6.45, 7) is 7.59. The SMILES string of the molecule is CCC(C)N(C)CCCC(C#N)(CC)NC. The van der Waals surface area contributed by atoms with E-state index < -0.39 is 0 Å². The average Bonchev–Trinajstić information content (AvgIpc) is 2.34. The van der Waals surface area contributed by atoms with Gasteiger partial charge in [0.2, 0.25) is 0 Å². The summed E-state index contributed by atoms with van der Waals surface area (Å²) in [5, 5.41) is 12.3. The quantitative estimate of drug-likeness (QED) is 0.689. The van der Waals surface area contributed by atoms with E-state index in [0.717, 1.165) is 25.8 Å². The smallest absolute Gasteiger partial charge is 0.106 e. The number of nitrogens with zero attached hydrogens (tertiary/aromatic N) is 2. The van der Waals surface area contributed by atoms with E-state index >= 15 is 0 Å². The molecule has 0 aliphatic rings. The topological polar surface area (TPSA) is 39.1 Å². The first-order valence-electron chi connectivity index (χ1n) is 6.35. The van der Waals surface area contributed by atoms with Crippen LogP contribution in [0.3, 0.4) is 0 Å². The number of hydrogen-bond acceptors (Lipinski definition) is 3. The molecule has 0 aliphatic heterocycles. The van der Waals surface area contributed by atoms with Crippen molar-refractivity contribution < 1.29 is 0 Å². The van der Waals surface area contributed by atoms with E-state index in [2.05, 4.69) is 44.1 Å². The normalized spacial score (nSPS) is 16.8. The highest BCUT2D eigenvalue weighted by molar-refractivity contribution is 5.05. The first kappa shape index (κ1) is 15.4. The number of nitrogens with one attached hydrogen (secondary N) is 1. The molecule has 2 atom stereocenters. The van der Waals surface area contributed by atoms with Crippen LogP contribution in [0.4, 0.5) is 0 Å². The predicted molar refractivity (Wildman–Crippen MR) is 69.3 cm³/mol. The maximum absolute atomic E-state index is 9.17. The van der Waals surface area contributed by atoms with Crippen LogP contribution in [-0.4, -0.2) is 37.1 Å². The number of rotatable bonds is 8. The second kappa shape index (κ2) is 7.65. The molecule has 1 N–H and O–H groups in total. The summed E-state index contributed by atoms with van der Waals surface area (Å²) in [5.74, 6) is 0. The molecule has 0 saturated heterocycles. The molecule has 0 aromatic rings. The summed E-state index contributed by atoms with van der Waals surface area (Å²) in [5.41, 5.74) is -0.323. The molecule has 0 aromatic carbocycles. The highest BCUT2D eigenvalue weighted by Crippen LogP contribution is 2.16. The van der Waals surface area contributed by atoms with E-state index in [1.54, 1.807) is 0 Å². The molecule has 3 heteroatoms. The third-order valence-corrected chi connectivity index (χ3v) is 3.75. The third kappa shape index (κ3) is 4.51. The molecule has 0 rings (SSSR count). The van der Waals surface area contributed by atoms with Crippen molar-refractivity contribution >= 4 is 0 Å². The average molecular weight is 225 g/mol. The molecule has 94 valence electrons. The Morgan fingerprint density at radius 3 is 2.44 bits per heavy atom. The maximum Gasteiger partial charge on any atom is 0.106 e. The molecule has 16 heavy (non-hydrogen) atoms. The molecule has 0 aliphatic carbocycles. The van der Waals surface area contributed by atoms with Crippen LogP contribution in [0.25, 0.3) is 0 Å². The van der Waals surface area contributed by atoms with Crippen LogP contribution >= 0.6 is 0 Å². The second-order valence-electron chi connectivity index (χ2n) is 4.64. The van der Waals surface area contributed by atoms with Crippen molar-refractivity contribution in [3.63, 3.8) is 0 Å². The molecule has 0 radical (unpaired) electrons. The van der Waals surface area contributed by atoms with Gasteiger partial charge in [0.25, 0.3) is 0 Å². The monoisotopic (exact) mass is 225 g/mol. The molecule has 0 aromatic heterocycles. The van der Waals surface area contributed by atoms with E-state index in [1.807, 2.05) is 7.05 Å². The van der Waals surface area contributed by atoms with Crippen molar-refractivity contribution in [3.05, 3.63) is 0 Å². The van der Waals surface area contributed by atoms with Crippen molar-refractivity contribution in [1.82, 2.24) is 10.2 Å². The molecular formula is C13H27N3. The van der Waals surface area contributed by atoms with Gasteiger partial charge in [-0.3, -0.25) is 0 Å². The summed E-state index contributed by atoms with van der Waals surface area (Å²) in [4.78, 5) is 2.37. The molecule has 0 fully saturated rings. The van der Waals surface area contributed by atoms with Gasteiger partial charge in [-0.1, -0.05) is 13.8 Å². The van der Waals surface area contributed by atoms with Crippen LogP contribution in [0.1, 0.15) is 46.5 Å². The summed E-state index contributed by atoms with van der Waals surface area (Å²) in [6.07, 6.45) is 4.05. The summed E-state index contributed by atoms with van der Waals surface area (Å²) in [7, 11) is 4.04. The van der Waals surface area contributed by atoms with E-state index in [9.17, 15) is 5.26 Å². The Labute approximate surface area is 101 Å². The van der Waals surface area contributed by atoms with Crippen molar-refractivity contribution in [2.75, 3.05) is 20.6 Å². The Bertz CT molecular complexity index is 216. The van der Waals surface area contributed by atoms with Crippen LogP contribution in [-0.2, 0) is 0 Å². The molecule has 0 bridgehead atoms. The molecule has 2 unspecified atom stereocenters. The zero-order valence-electron chi connectivity index (χ0n) is 11.5. The Balaban J connectivity index is 4.01. The minimum atomic E-state index is -0.323. The summed E-state index contributed by atoms with van der Waals surface area (Å²) in [6, 6.07) is 3.03. The standard InChI is InChI=1S/C13H27N3/c1-6-12(3)16(5)10-8-9-13(7-2,11-14)15-4/h12,15H,6-10H2,1-5H3. The highest BCUT2D eigenvalue weighted by Gasteiger charge is 2.24. The fourth-order valence-corrected chi connectivity index (χ4v) is 1.83. The van der Waals surface area contributed by atoms with Gasteiger partial charge in [0.15, 0.2) is 0 Å². The van der Waals surface area contributed by atoms with Gasteiger partial charge < -0.3 is 10.2 Å². The van der Waals surface area contributed by atoms with Crippen LogP contribution in [0.5, 0.6) is 0 Å². The van der Waals surface area contributed by atoms with Crippen LogP contribution < -0.4 is 5.32 Å². The summed E-state index contributed by atoms with van der Waals surface area (Å²) < 4.78 is 0. The Kier molecular flexibility index (Phi) is 7.36. The molecule has 0 spiro atoms. The van der Waals surface area contributed by atoms with Crippen LogP contribution in [0, 0.1) is 11.3 Å². The van der Waals surface area contributed by atoms with Gasteiger partial charge in [-0.2, -0.15) is 5.26 Å². The van der Waals surface area contributed by atoms with E-state index in [4.69, 9.17) is 0 Å². The second-order valence-corrected chi connectivity index (χ2v) is 4.64. The first-order chi connectivity index (χ1) is 7.55. The molecule has 0 saturated carbocycles. The fraction of sp³-hybridized carbons (Fsp3) is 0.923. The lowest BCUT2D eigenvalue weighted by atomic mass is 9.92. The van der Waals surface area contributed by atoms with Crippen LogP contribution in [0.2, 0.25) is 0 Å². The number of hydrogen-bond donors (Lipinski definition) is 1. The van der Waals surface area contributed by atoms with E-state index in [-0.39, 0.29) is 5.54 Å². The lowest BCUT2D eigenvalue weighted by Crippen LogP contribution is -2.41. The van der Waals surface area contributed by atoms with Gasteiger partial charge >= 0.3 is 0 Å². The molecular weight excluding hydrogens is 198 g/mol. The lowest BCUT2D eigenvalue weighted by Gasteiger charge is -2.27. The Hall–Kier alpha value is -0.590. The fourth-order valence-electron chi connectivity index (χ4n) is 1.83. The number of nitriles is 1. The zero-order chi connectivity index (χ0) is 12.6. The Morgan fingerprint density at radius 2 is 2.06 bits per heavy atom. The largest absolute Gasteiger partial charge is 0.304 e. The highest BCUT2D eigenvalue weighted by atomic mass is 15.1. The van der Waals surface area contributed by atoms with Gasteiger partial charge in [0, 0.05) is 6.04 Å². The van der Waals surface area contributed by atoms with Gasteiger partial charge in [-0.25, -0.2) is 0 Å². The minimum absolute atomic E-state index is 0.323. The van der Waals surface area contributed by atoms with Gasteiger partial charge in [-0.05, 0) is 53.2 Å². The summed E-state index contributed by atoms with van der Waals surface area (Å²) >= 11 is 0. The predicted octanol–water partition coefficient (Wildman–Crippen LogP) is 2.39. The maximum atomic E-state index is 9.17. The minimum Gasteiger partial charge on any atom is -0.304 e. The van der Waals surface area contributed by atoms with Gasteiger partial charge in [-0.15, -0.1) is 0 Å². The molecule has 0 amide bonds. The van der Waals surface area contributed by atoms with Crippen molar-refractivity contribution in [3.8, 4) is 6.07 Å². The van der Waals surface area contributed by atoms with Gasteiger partial charge in [0.05, 0.1) is 6.07 Å². The van der Waals surface area contributed by atoms with Crippen molar-refractivity contribution in [1.29, 1.82) is 5.26 Å². The van der Waals surface area contributed by atoms with E-state index in [1.165, 1.54) is 6.42 Å². The third-order valence-electron chi connectivity index (χ3n) is 3.75. The van der Waals surface area contributed by atoms with Crippen LogP contribution in [0.15, 0.2) is 0 Å². The van der Waals surface area contributed by atoms with Crippen molar-refractivity contribution in [2.24, 2.45) is 0 Å². The van der Waals surface area contributed by atoms with Gasteiger partial charge in [0.1, 0.15) is 5.54 Å². The van der Waals surface area contributed by atoms with Crippen molar-refractivity contribution in [2.45, 2.75) is 58.0 Å². The lowest BCUT2D eigenvalue weighted by molar-refractivity contribution is 0.237. The molecule has 0 heterocycles. The molecule has 3 nitrogen and oxygen atoms in total. The Morgan fingerprint density at radius 1 is 1.44 bits per heavy atom. The first-order valence-corrected chi connectivity index (χ1v) is 6.35. The van der Waals surface area contributed by atoms with E-state index in [0.29, 0.717) is 6.04 Å². The zero-order valence-corrected chi connectivity index (χ0v) is 11.5.